The highest BCUT2D eigenvalue weighted by Gasteiger charge is 2.65. The Morgan fingerprint density at radius 2 is 1.50 bits per heavy atom. The van der Waals surface area contributed by atoms with Crippen LogP contribution in [0, 0.1) is 5.41 Å². The molecule has 252 valence electrons. The lowest BCUT2D eigenvalue weighted by molar-refractivity contribution is -0.409. The van der Waals surface area contributed by atoms with Gasteiger partial charge in [0.15, 0.2) is 6.04 Å². The predicted octanol–water partition coefficient (Wildman–Crippen LogP) is 0.169. The second-order valence-corrected chi connectivity index (χ2v) is 18.0. The second kappa shape index (κ2) is 13.0. The van der Waals surface area contributed by atoms with Crippen LogP contribution in [-0.4, -0.2) is 95.4 Å². The van der Waals surface area contributed by atoms with Gasteiger partial charge in [-0.15, -0.1) is 23.5 Å². The molecule has 13 nitrogen and oxygen atoms in total. The van der Waals surface area contributed by atoms with Gasteiger partial charge in [0.25, 0.3) is 5.91 Å². The number of esters is 2. The number of rotatable bonds is 7. The standard InChI is InChI=1S/C22H29N3O6S.C8H10BrNO3S/c1-21(2,3)20(29)31-11-30-19(28)15-22(4,5)32-18-14(17(27)25(15)18)24-16(26)13(23)12-9-7-6-8-10-12;1-8(2)4(7(12)13)10-5(11)3(9)6(10)14-8/h6-10,13-15,18H,11,23H2,1-5H3,(H,24,26);3-4,6H,1-2H3,(H,12,13)/t13-,14-,15+,18-;3-,4+,6-/m11/s1. The van der Waals surface area contributed by atoms with Crippen molar-refractivity contribution >= 4 is 75.1 Å². The number of nitrogens with zero attached hydrogens (tertiary/aromatic N) is 2. The van der Waals surface area contributed by atoms with Crippen LogP contribution >= 0.6 is 39.5 Å². The summed E-state index contributed by atoms with van der Waals surface area (Å²) in [6.45, 7) is 11.9. The Morgan fingerprint density at radius 3 is 2.07 bits per heavy atom. The maximum atomic E-state index is 12.8. The predicted molar refractivity (Wildman–Crippen MR) is 170 cm³/mol. The van der Waals surface area contributed by atoms with E-state index in [1.54, 1.807) is 32.9 Å². The number of amides is 3. The average Bonchev–Trinajstić information content (AvgIpc) is 3.40. The number of hydrogen-bond donors (Lipinski definition) is 2. The number of benzene rings is 1. The third-order valence-corrected chi connectivity index (χ3v) is 12.5. The first-order valence-electron chi connectivity index (χ1n) is 14.6. The molecule has 4 fully saturated rings. The molecular formula is C30H39BrN4O9S2. The van der Waals surface area contributed by atoms with Crippen LogP contribution in [0.15, 0.2) is 30.3 Å². The summed E-state index contributed by atoms with van der Waals surface area (Å²) in [4.78, 5) is 75.0. The summed E-state index contributed by atoms with van der Waals surface area (Å²) in [6, 6.07) is 6.04. The lowest BCUT2D eigenvalue weighted by Gasteiger charge is -2.44. The Balaban J connectivity index is 0.000000284. The summed E-state index contributed by atoms with van der Waals surface area (Å²) in [5.41, 5.74) is 3.94. The van der Waals surface area contributed by atoms with Crippen molar-refractivity contribution in [2.45, 2.75) is 97.7 Å². The van der Waals surface area contributed by atoms with Crippen LogP contribution in [-0.2, 0) is 38.2 Å². The number of alkyl halides is 1. The minimum Gasteiger partial charge on any atom is -0.548 e. The summed E-state index contributed by atoms with van der Waals surface area (Å²) in [7, 11) is 0. The smallest absolute Gasteiger partial charge is 0.333 e. The van der Waals surface area contributed by atoms with Crippen LogP contribution in [0.1, 0.15) is 60.1 Å². The molecule has 3 amide bonds. The number of carboxylic acids is 1. The van der Waals surface area contributed by atoms with Gasteiger partial charge in [-0.1, -0.05) is 46.3 Å². The summed E-state index contributed by atoms with van der Waals surface area (Å²) < 4.78 is 9.04. The monoisotopic (exact) mass is 742 g/mol. The summed E-state index contributed by atoms with van der Waals surface area (Å²) >= 11 is 6.16. The van der Waals surface area contributed by atoms with Gasteiger partial charge in [0, 0.05) is 15.1 Å². The molecule has 0 unspecified atom stereocenters. The van der Waals surface area contributed by atoms with Gasteiger partial charge in [-0.3, -0.25) is 19.2 Å². The van der Waals surface area contributed by atoms with E-state index in [9.17, 15) is 33.9 Å². The first-order valence-corrected chi connectivity index (χ1v) is 17.3. The number of thioether (sulfide) groups is 2. The molecule has 0 radical (unpaired) electrons. The Bertz CT molecular complexity index is 1420. The molecule has 0 saturated carbocycles. The molecule has 1 aromatic carbocycles. The van der Waals surface area contributed by atoms with Crippen molar-refractivity contribution in [2.24, 2.45) is 5.41 Å². The average molecular weight is 744 g/mol. The Labute approximate surface area is 284 Å². The minimum absolute atomic E-state index is 0.0552. The summed E-state index contributed by atoms with van der Waals surface area (Å²) in [5, 5.41) is 13.3. The molecule has 4 aliphatic rings. The molecule has 4 aliphatic heterocycles. The normalized spacial score (nSPS) is 29.2. The Morgan fingerprint density at radius 1 is 0.957 bits per heavy atom. The molecule has 0 aromatic heterocycles. The molecule has 0 aliphatic carbocycles. The van der Waals surface area contributed by atoms with E-state index in [2.05, 4.69) is 27.0 Å². The lowest BCUT2D eigenvalue weighted by atomic mass is 9.95. The number of nitrogens with one attached hydrogen (secondary N) is 1. The summed E-state index contributed by atoms with van der Waals surface area (Å²) in [5.74, 6) is -3.17. The van der Waals surface area contributed by atoms with E-state index >= 15 is 0 Å². The fourth-order valence-electron chi connectivity index (χ4n) is 5.60. The number of hydrogen-bond acceptors (Lipinski definition) is 11. The fraction of sp³-hybridized carbons (Fsp3) is 0.600. The van der Waals surface area contributed by atoms with E-state index < -0.39 is 63.8 Å². The van der Waals surface area contributed by atoms with E-state index in [4.69, 9.17) is 9.47 Å². The number of halogens is 1. The molecule has 4 saturated heterocycles. The van der Waals surface area contributed by atoms with Crippen molar-refractivity contribution in [3.05, 3.63) is 35.9 Å². The molecule has 46 heavy (non-hydrogen) atoms. The van der Waals surface area contributed by atoms with Gasteiger partial charge in [0.1, 0.15) is 27.7 Å². The van der Waals surface area contributed by atoms with E-state index in [0.29, 0.717) is 0 Å². The molecular weight excluding hydrogens is 704 g/mol. The lowest BCUT2D eigenvalue weighted by Crippen LogP contribution is -2.72. The van der Waals surface area contributed by atoms with Gasteiger partial charge in [0.2, 0.25) is 18.6 Å². The Kier molecular flexibility index (Phi) is 10.2. The number of quaternary nitrogens is 1. The van der Waals surface area contributed by atoms with Gasteiger partial charge in [-0.25, -0.2) is 4.79 Å². The topological polar surface area (TPSA) is 190 Å². The van der Waals surface area contributed by atoms with Crippen LogP contribution in [0.5, 0.6) is 0 Å². The zero-order valence-electron chi connectivity index (χ0n) is 26.6. The number of β-lactam (4-membered cyclic amide) rings is 2. The number of fused-ring (bicyclic) bond motifs is 2. The van der Waals surface area contributed by atoms with E-state index in [1.807, 2.05) is 45.9 Å². The number of carbonyl (C=O) groups excluding carboxylic acids is 6. The van der Waals surface area contributed by atoms with Gasteiger partial charge in [0.05, 0.1) is 17.4 Å². The zero-order valence-corrected chi connectivity index (χ0v) is 29.8. The van der Waals surface area contributed by atoms with Crippen LogP contribution < -0.4 is 16.2 Å². The highest BCUT2D eigenvalue weighted by Crippen LogP contribution is 2.53. The quantitative estimate of drug-likeness (QED) is 0.168. The number of carbonyl (C=O) groups is 6. The second-order valence-electron chi connectivity index (χ2n) is 13.5. The first kappa shape index (κ1) is 36.0. The van der Waals surface area contributed by atoms with Crippen molar-refractivity contribution in [3.8, 4) is 0 Å². The van der Waals surface area contributed by atoms with E-state index in [0.717, 1.165) is 5.56 Å². The van der Waals surface area contributed by atoms with Crippen molar-refractivity contribution in [1.82, 2.24) is 15.1 Å². The van der Waals surface area contributed by atoms with Crippen LogP contribution in [0.2, 0.25) is 0 Å². The van der Waals surface area contributed by atoms with Gasteiger partial charge in [-0.05, 0) is 48.5 Å². The first-order chi connectivity index (χ1) is 21.2. The van der Waals surface area contributed by atoms with Crippen molar-refractivity contribution in [3.63, 3.8) is 0 Å². The van der Waals surface area contributed by atoms with Crippen LogP contribution in [0.4, 0.5) is 0 Å². The van der Waals surface area contributed by atoms with Crippen molar-refractivity contribution in [2.75, 3.05) is 6.79 Å². The highest BCUT2D eigenvalue weighted by molar-refractivity contribution is 9.10. The highest BCUT2D eigenvalue weighted by atomic mass is 79.9. The summed E-state index contributed by atoms with van der Waals surface area (Å²) in [6.07, 6.45) is 0. The largest absolute Gasteiger partial charge is 0.548 e. The molecule has 16 heteroatoms. The molecule has 0 bridgehead atoms. The van der Waals surface area contributed by atoms with Crippen LogP contribution in [0.3, 0.4) is 0 Å². The zero-order chi connectivity index (χ0) is 34.5. The van der Waals surface area contributed by atoms with Crippen molar-refractivity contribution < 1.29 is 49.1 Å². The van der Waals surface area contributed by atoms with Gasteiger partial charge in [-0.2, -0.15) is 0 Å². The molecule has 0 spiro atoms. The van der Waals surface area contributed by atoms with E-state index in [-0.39, 0.29) is 33.3 Å². The van der Waals surface area contributed by atoms with Crippen molar-refractivity contribution in [1.29, 1.82) is 0 Å². The molecule has 7 atom stereocenters. The molecule has 1 aromatic rings. The number of aliphatic carboxylic acids is 1. The number of ether oxygens (including phenoxy) is 2. The van der Waals surface area contributed by atoms with Crippen LogP contribution in [0.25, 0.3) is 0 Å². The number of carboxylic acid groups (broad SMARTS) is 1. The maximum Gasteiger partial charge on any atom is 0.333 e. The van der Waals surface area contributed by atoms with Gasteiger partial charge >= 0.3 is 11.9 Å². The maximum absolute atomic E-state index is 12.8. The third-order valence-electron chi connectivity index (χ3n) is 8.08. The fourth-order valence-corrected chi connectivity index (χ4v) is 9.57. The molecule has 5 rings (SSSR count). The third kappa shape index (κ3) is 6.76. The minimum atomic E-state index is -1.17. The van der Waals surface area contributed by atoms with Gasteiger partial charge < -0.3 is 40.2 Å². The van der Waals surface area contributed by atoms with E-state index in [1.165, 1.54) is 33.3 Å². The Hall–Kier alpha value is -2.82. The molecule has 4 N–H and O–H groups in total. The SMILES string of the molecule is CC(C)(C)C(=O)OCOC(=O)[C@@H]1N2C(=O)[C@@H](NC(=O)[C@H]([NH3+])c3ccccc3)[C@H]2SC1(C)C.CC1(C)S[C@@H]2[C@H](Br)C(=O)N2[C@H]1C(=O)[O-]. The molecule has 4 heterocycles.